The monoisotopic (exact) mass is 327 g/mol. The van der Waals surface area contributed by atoms with Gasteiger partial charge in [0.05, 0.1) is 12.8 Å². The van der Waals surface area contributed by atoms with Crippen LogP contribution in [0.4, 0.5) is 16.2 Å². The Kier molecular flexibility index (Phi) is 5.78. The third-order valence-electron chi connectivity index (χ3n) is 3.39. The summed E-state index contributed by atoms with van der Waals surface area (Å²) < 4.78 is 5.25. The molecule has 0 aliphatic rings. The highest BCUT2D eigenvalue weighted by Crippen LogP contribution is 2.25. The van der Waals surface area contributed by atoms with E-state index in [2.05, 4.69) is 16.0 Å². The lowest BCUT2D eigenvalue weighted by Gasteiger charge is -2.16. The van der Waals surface area contributed by atoms with E-state index in [1.165, 1.54) is 0 Å². The number of anilines is 2. The maximum atomic E-state index is 12.2. The molecule has 2 rings (SSSR count). The largest absolute Gasteiger partial charge is 0.495 e. The van der Waals surface area contributed by atoms with Crippen LogP contribution in [0.2, 0.25) is 0 Å². The summed E-state index contributed by atoms with van der Waals surface area (Å²) in [5.41, 5.74) is 2.24. The van der Waals surface area contributed by atoms with E-state index in [0.29, 0.717) is 17.1 Å². The van der Waals surface area contributed by atoms with E-state index in [-0.39, 0.29) is 5.91 Å². The molecule has 2 aromatic rings. The first kappa shape index (κ1) is 17.3. The van der Waals surface area contributed by atoms with E-state index in [0.717, 1.165) is 5.56 Å². The van der Waals surface area contributed by atoms with Crippen molar-refractivity contribution in [1.29, 1.82) is 0 Å². The normalized spacial score (nSPS) is 11.3. The summed E-state index contributed by atoms with van der Waals surface area (Å²) in [7, 11) is 1.54. The van der Waals surface area contributed by atoms with Gasteiger partial charge in [-0.25, -0.2) is 4.79 Å². The molecule has 2 aromatic carbocycles. The van der Waals surface area contributed by atoms with Crippen LogP contribution < -0.4 is 20.7 Å². The van der Waals surface area contributed by atoms with Crippen molar-refractivity contribution in [1.82, 2.24) is 5.32 Å². The first-order valence-corrected chi connectivity index (χ1v) is 7.57. The van der Waals surface area contributed by atoms with Crippen LogP contribution in [0.1, 0.15) is 12.5 Å². The second-order valence-electron chi connectivity index (χ2n) is 5.38. The lowest BCUT2D eigenvalue weighted by molar-refractivity contribution is -0.117. The molecular weight excluding hydrogens is 306 g/mol. The predicted molar refractivity (Wildman–Crippen MR) is 94.4 cm³/mol. The molecule has 24 heavy (non-hydrogen) atoms. The van der Waals surface area contributed by atoms with E-state index in [1.54, 1.807) is 32.2 Å². The SMILES string of the molecule is COc1cc(C)ccc1NC(=O)[C@@H](C)NC(=O)Nc1ccccc1. The number of benzene rings is 2. The van der Waals surface area contributed by atoms with E-state index in [1.807, 2.05) is 37.3 Å². The van der Waals surface area contributed by atoms with Gasteiger partial charge in [0.15, 0.2) is 0 Å². The molecule has 0 aliphatic heterocycles. The summed E-state index contributed by atoms with van der Waals surface area (Å²) in [6.07, 6.45) is 0. The smallest absolute Gasteiger partial charge is 0.319 e. The van der Waals surface area contributed by atoms with Crippen molar-refractivity contribution in [2.75, 3.05) is 17.7 Å². The van der Waals surface area contributed by atoms with Crippen LogP contribution in [0.5, 0.6) is 5.75 Å². The van der Waals surface area contributed by atoms with E-state index in [9.17, 15) is 9.59 Å². The zero-order valence-electron chi connectivity index (χ0n) is 13.9. The molecule has 0 saturated carbocycles. The van der Waals surface area contributed by atoms with Crippen LogP contribution in [0.25, 0.3) is 0 Å². The maximum Gasteiger partial charge on any atom is 0.319 e. The van der Waals surface area contributed by atoms with Crippen LogP contribution in [0.3, 0.4) is 0 Å². The van der Waals surface area contributed by atoms with Gasteiger partial charge in [-0.2, -0.15) is 0 Å². The minimum atomic E-state index is -0.709. The Balaban J connectivity index is 1.93. The number of ether oxygens (including phenoxy) is 1. The molecule has 0 saturated heterocycles. The summed E-state index contributed by atoms with van der Waals surface area (Å²) >= 11 is 0. The number of nitrogens with one attached hydrogen (secondary N) is 3. The Morgan fingerprint density at radius 2 is 1.75 bits per heavy atom. The van der Waals surface area contributed by atoms with E-state index >= 15 is 0 Å². The van der Waals surface area contributed by atoms with Gasteiger partial charge in [-0.05, 0) is 43.7 Å². The Hall–Kier alpha value is -3.02. The highest BCUT2D eigenvalue weighted by Gasteiger charge is 2.17. The predicted octanol–water partition coefficient (Wildman–Crippen LogP) is 3.15. The van der Waals surface area contributed by atoms with Crippen molar-refractivity contribution in [2.24, 2.45) is 0 Å². The van der Waals surface area contributed by atoms with Crippen molar-refractivity contribution in [2.45, 2.75) is 19.9 Å². The number of hydrogen-bond acceptors (Lipinski definition) is 3. The molecule has 1 atom stereocenters. The second kappa shape index (κ2) is 8.01. The van der Waals surface area contributed by atoms with Crippen LogP contribution in [0.15, 0.2) is 48.5 Å². The Bertz CT molecular complexity index is 717. The summed E-state index contributed by atoms with van der Waals surface area (Å²) in [4.78, 5) is 24.2. The number of methoxy groups -OCH3 is 1. The molecule has 0 bridgehead atoms. The third-order valence-corrected chi connectivity index (χ3v) is 3.39. The third kappa shape index (κ3) is 4.74. The van der Waals surface area contributed by atoms with Gasteiger partial charge in [0, 0.05) is 5.69 Å². The standard InChI is InChI=1S/C18H21N3O3/c1-12-9-10-15(16(11-12)24-3)21-17(22)13(2)19-18(23)20-14-7-5-4-6-8-14/h4-11,13H,1-3H3,(H,21,22)(H2,19,20,23)/t13-/m1/s1. The minimum absolute atomic E-state index is 0.333. The van der Waals surface area contributed by atoms with Gasteiger partial charge in [0.2, 0.25) is 5.91 Å². The highest BCUT2D eigenvalue weighted by atomic mass is 16.5. The number of para-hydroxylation sites is 1. The molecule has 0 fully saturated rings. The molecule has 126 valence electrons. The fourth-order valence-electron chi connectivity index (χ4n) is 2.09. The fourth-order valence-corrected chi connectivity index (χ4v) is 2.09. The summed E-state index contributed by atoms with van der Waals surface area (Å²) in [6.45, 7) is 3.55. The lowest BCUT2D eigenvalue weighted by atomic mass is 10.2. The second-order valence-corrected chi connectivity index (χ2v) is 5.38. The maximum absolute atomic E-state index is 12.2. The molecule has 0 unspecified atom stereocenters. The zero-order chi connectivity index (χ0) is 17.5. The fraction of sp³-hybridized carbons (Fsp3) is 0.222. The quantitative estimate of drug-likeness (QED) is 0.789. The van der Waals surface area contributed by atoms with Crippen molar-refractivity contribution in [3.8, 4) is 5.75 Å². The van der Waals surface area contributed by atoms with Gasteiger partial charge in [0.1, 0.15) is 11.8 Å². The Morgan fingerprint density at radius 3 is 2.42 bits per heavy atom. The highest BCUT2D eigenvalue weighted by molar-refractivity contribution is 5.99. The molecule has 0 spiro atoms. The molecular formula is C18H21N3O3. The molecule has 3 amide bonds. The first-order chi connectivity index (χ1) is 11.5. The lowest BCUT2D eigenvalue weighted by Crippen LogP contribution is -2.43. The van der Waals surface area contributed by atoms with Crippen molar-refractivity contribution in [3.63, 3.8) is 0 Å². The van der Waals surface area contributed by atoms with Gasteiger partial charge in [-0.3, -0.25) is 4.79 Å². The molecule has 0 aromatic heterocycles. The summed E-state index contributed by atoms with van der Waals surface area (Å²) in [5.74, 6) is 0.240. The molecule has 0 heterocycles. The average Bonchev–Trinajstić information content (AvgIpc) is 2.57. The van der Waals surface area contributed by atoms with Crippen LogP contribution in [-0.4, -0.2) is 25.1 Å². The number of aryl methyl sites for hydroxylation is 1. The minimum Gasteiger partial charge on any atom is -0.495 e. The van der Waals surface area contributed by atoms with Crippen LogP contribution >= 0.6 is 0 Å². The van der Waals surface area contributed by atoms with Gasteiger partial charge >= 0.3 is 6.03 Å². The molecule has 0 aliphatic carbocycles. The van der Waals surface area contributed by atoms with Crippen molar-refractivity contribution in [3.05, 3.63) is 54.1 Å². The number of carbonyl (C=O) groups is 2. The summed E-state index contributed by atoms with van der Waals surface area (Å²) in [6, 6.07) is 13.3. The average molecular weight is 327 g/mol. The van der Waals surface area contributed by atoms with E-state index in [4.69, 9.17) is 4.74 Å². The first-order valence-electron chi connectivity index (χ1n) is 7.57. The molecule has 0 radical (unpaired) electrons. The van der Waals surface area contributed by atoms with Gasteiger partial charge in [0.25, 0.3) is 0 Å². The number of amides is 3. The van der Waals surface area contributed by atoms with Gasteiger partial charge in [-0.15, -0.1) is 0 Å². The topological polar surface area (TPSA) is 79.5 Å². The van der Waals surface area contributed by atoms with Crippen molar-refractivity contribution < 1.29 is 14.3 Å². The van der Waals surface area contributed by atoms with Crippen LogP contribution in [0, 0.1) is 6.92 Å². The summed E-state index contributed by atoms with van der Waals surface area (Å²) in [5, 5.41) is 8.01. The van der Waals surface area contributed by atoms with Gasteiger partial charge in [-0.1, -0.05) is 24.3 Å². The number of hydrogen-bond donors (Lipinski definition) is 3. The number of urea groups is 1. The molecule has 6 nitrogen and oxygen atoms in total. The number of carbonyl (C=O) groups excluding carboxylic acids is 2. The van der Waals surface area contributed by atoms with Gasteiger partial charge < -0.3 is 20.7 Å². The molecule has 3 N–H and O–H groups in total. The Labute approximate surface area is 141 Å². The Morgan fingerprint density at radius 1 is 1.04 bits per heavy atom. The molecule has 6 heteroatoms. The zero-order valence-corrected chi connectivity index (χ0v) is 13.9. The van der Waals surface area contributed by atoms with Crippen molar-refractivity contribution >= 4 is 23.3 Å². The number of rotatable bonds is 5. The van der Waals surface area contributed by atoms with E-state index < -0.39 is 12.1 Å². The van der Waals surface area contributed by atoms with Crippen LogP contribution in [-0.2, 0) is 4.79 Å².